The summed E-state index contributed by atoms with van der Waals surface area (Å²) in [4.78, 5) is 5.89. The maximum Gasteiger partial charge on any atom is 0.138 e. The lowest BCUT2D eigenvalue weighted by atomic mass is 10.0. The minimum Gasteiger partial charge on any atom is -0.490 e. The molecule has 0 saturated carbocycles. The highest BCUT2D eigenvalue weighted by molar-refractivity contribution is 7.13. The Labute approximate surface area is 190 Å². The first-order valence-corrected chi connectivity index (χ1v) is 11.5. The Hall–Kier alpha value is -3.48. The van der Waals surface area contributed by atoms with Crippen LogP contribution in [0.15, 0.2) is 78.3 Å². The third-order valence-corrected chi connectivity index (χ3v) is 6.35. The molecule has 160 valence electrons. The molecule has 32 heavy (non-hydrogen) atoms. The summed E-state index contributed by atoms with van der Waals surface area (Å²) in [6, 6.07) is 22.6. The molecule has 0 aliphatic rings. The highest BCUT2D eigenvalue weighted by Gasteiger charge is 2.14. The molecule has 2 aromatic carbocycles. The second-order valence-corrected chi connectivity index (χ2v) is 8.83. The van der Waals surface area contributed by atoms with Crippen LogP contribution >= 0.6 is 11.3 Å². The minimum atomic E-state index is -0.0947. The molecule has 5 aromatic rings. The van der Waals surface area contributed by atoms with Gasteiger partial charge in [-0.05, 0) is 54.1 Å². The van der Waals surface area contributed by atoms with Gasteiger partial charge in [0.1, 0.15) is 12.4 Å². The molecule has 5 nitrogen and oxygen atoms in total. The fraction of sp³-hybridized carbons (Fsp3) is 0.154. The highest BCUT2D eigenvalue weighted by atomic mass is 32.1. The molecule has 0 fully saturated rings. The largest absolute Gasteiger partial charge is 0.490 e. The average molecular weight is 441 g/mol. The van der Waals surface area contributed by atoms with Gasteiger partial charge in [0.2, 0.25) is 0 Å². The van der Waals surface area contributed by atoms with E-state index in [1.54, 1.807) is 17.5 Å². The Bertz CT molecular complexity index is 1330. The summed E-state index contributed by atoms with van der Waals surface area (Å²) in [5.41, 5.74) is 12.6. The molecule has 3 aromatic heterocycles. The monoisotopic (exact) mass is 440 g/mol. The number of hydrogen-bond donors (Lipinski definition) is 2. The maximum atomic E-state index is 6.32. The molecule has 5 rings (SSSR count). The first-order valence-electron chi connectivity index (χ1n) is 10.6. The Morgan fingerprint density at radius 3 is 2.75 bits per heavy atom. The predicted molar refractivity (Wildman–Crippen MR) is 131 cm³/mol. The average Bonchev–Trinajstić information content (AvgIpc) is 3.48. The number of fused-ring (bicyclic) bond motifs is 1. The van der Waals surface area contributed by atoms with Gasteiger partial charge in [0.15, 0.2) is 0 Å². The summed E-state index contributed by atoms with van der Waals surface area (Å²) in [5.74, 6) is 0.716. The summed E-state index contributed by atoms with van der Waals surface area (Å²) in [5, 5.41) is 10.6. The van der Waals surface area contributed by atoms with Crippen LogP contribution in [0.2, 0.25) is 0 Å². The number of H-pyrrole nitrogens is 1. The van der Waals surface area contributed by atoms with Crippen molar-refractivity contribution in [1.29, 1.82) is 0 Å². The molecule has 0 amide bonds. The second kappa shape index (κ2) is 8.94. The fourth-order valence-electron chi connectivity index (χ4n) is 3.84. The lowest BCUT2D eigenvalue weighted by Crippen LogP contribution is -2.30. The van der Waals surface area contributed by atoms with Crippen molar-refractivity contribution in [3.8, 4) is 27.4 Å². The molecule has 6 heteroatoms. The molecule has 0 bridgehead atoms. The third kappa shape index (κ3) is 4.28. The van der Waals surface area contributed by atoms with E-state index in [0.29, 0.717) is 12.4 Å². The Kier molecular flexibility index (Phi) is 5.71. The number of nitrogens with two attached hydrogens (primary N) is 1. The minimum absolute atomic E-state index is 0.0947. The molecule has 0 saturated heterocycles. The van der Waals surface area contributed by atoms with Gasteiger partial charge < -0.3 is 10.5 Å². The van der Waals surface area contributed by atoms with E-state index >= 15 is 0 Å². The van der Waals surface area contributed by atoms with Gasteiger partial charge >= 0.3 is 0 Å². The lowest BCUT2D eigenvalue weighted by molar-refractivity contribution is 0.287. The zero-order valence-electron chi connectivity index (χ0n) is 17.8. The summed E-state index contributed by atoms with van der Waals surface area (Å²) in [7, 11) is 0. The lowest BCUT2D eigenvalue weighted by Gasteiger charge is -2.15. The van der Waals surface area contributed by atoms with Gasteiger partial charge in [0, 0.05) is 22.7 Å². The predicted octanol–water partition coefficient (Wildman–Crippen LogP) is 5.61. The number of aryl methyl sites for hydroxylation is 1. The van der Waals surface area contributed by atoms with Crippen LogP contribution in [-0.4, -0.2) is 27.8 Å². The van der Waals surface area contributed by atoms with Crippen molar-refractivity contribution in [3.63, 3.8) is 0 Å². The number of nitrogens with zero attached hydrogens (tertiary/aromatic N) is 2. The van der Waals surface area contributed by atoms with Crippen LogP contribution in [0.4, 0.5) is 0 Å². The van der Waals surface area contributed by atoms with Gasteiger partial charge in [0.25, 0.3) is 0 Å². The van der Waals surface area contributed by atoms with Crippen LogP contribution in [0, 0.1) is 6.92 Å². The summed E-state index contributed by atoms with van der Waals surface area (Å²) >= 11 is 1.68. The van der Waals surface area contributed by atoms with E-state index in [0.717, 1.165) is 44.7 Å². The molecular weight excluding hydrogens is 416 g/mol. The number of nitrogens with one attached hydrogen (secondary N) is 1. The standard InChI is InChI=1S/C26H24N4OS/c1-17-22-13-19(9-10-24(22)30-29-17)23-14-21(15-28-26(23)25-8-5-11-32-25)31-16-20(27)12-18-6-3-2-4-7-18/h2-11,13-15,20H,12,16,27H2,1H3,(H,29,30). The Morgan fingerprint density at radius 1 is 1.06 bits per heavy atom. The smallest absolute Gasteiger partial charge is 0.138 e. The van der Waals surface area contributed by atoms with Crippen LogP contribution in [0.25, 0.3) is 32.6 Å². The molecular formula is C26H24N4OS. The number of aromatic nitrogens is 3. The molecule has 3 heterocycles. The van der Waals surface area contributed by atoms with Crippen LogP contribution in [0.1, 0.15) is 11.3 Å². The van der Waals surface area contributed by atoms with Gasteiger partial charge in [-0.3, -0.25) is 10.1 Å². The number of ether oxygens (including phenoxy) is 1. The van der Waals surface area contributed by atoms with Crippen LogP contribution in [0.5, 0.6) is 5.75 Å². The number of rotatable bonds is 7. The van der Waals surface area contributed by atoms with E-state index < -0.39 is 0 Å². The fourth-order valence-corrected chi connectivity index (χ4v) is 4.57. The van der Waals surface area contributed by atoms with Gasteiger partial charge in [0.05, 0.1) is 22.3 Å². The zero-order chi connectivity index (χ0) is 21.9. The van der Waals surface area contributed by atoms with Crippen molar-refractivity contribution in [3.05, 3.63) is 89.6 Å². The number of thiophene rings is 1. The molecule has 0 aliphatic carbocycles. The van der Waals surface area contributed by atoms with Crippen molar-refractivity contribution < 1.29 is 4.74 Å². The molecule has 0 spiro atoms. The summed E-state index contributed by atoms with van der Waals surface area (Å²) in [6.45, 7) is 2.46. The van der Waals surface area contributed by atoms with Crippen molar-refractivity contribution >= 4 is 22.2 Å². The molecule has 1 unspecified atom stereocenters. The van der Waals surface area contributed by atoms with E-state index in [1.165, 1.54) is 5.56 Å². The molecule has 3 N–H and O–H groups in total. The normalized spacial score (nSPS) is 12.2. The molecule has 1 atom stereocenters. The van der Waals surface area contributed by atoms with Crippen molar-refractivity contribution in [2.24, 2.45) is 5.73 Å². The zero-order valence-corrected chi connectivity index (χ0v) is 18.6. The van der Waals surface area contributed by atoms with Gasteiger partial charge in [-0.1, -0.05) is 42.5 Å². The number of hydrogen-bond acceptors (Lipinski definition) is 5. The van der Waals surface area contributed by atoms with E-state index in [4.69, 9.17) is 15.5 Å². The van der Waals surface area contributed by atoms with E-state index in [1.807, 2.05) is 37.3 Å². The Balaban J connectivity index is 1.44. The summed E-state index contributed by atoms with van der Waals surface area (Å²) < 4.78 is 6.07. The SMILES string of the molecule is Cc1[nH]nc2ccc(-c3cc(OCC(N)Cc4ccccc4)cnc3-c3cccs3)cc12. The van der Waals surface area contributed by atoms with Crippen LogP contribution < -0.4 is 10.5 Å². The van der Waals surface area contributed by atoms with Crippen molar-refractivity contribution in [2.45, 2.75) is 19.4 Å². The quantitative estimate of drug-likeness (QED) is 0.345. The third-order valence-electron chi connectivity index (χ3n) is 5.48. The van der Waals surface area contributed by atoms with Crippen molar-refractivity contribution in [1.82, 2.24) is 15.2 Å². The number of pyridine rings is 1. The first-order chi connectivity index (χ1) is 15.7. The topological polar surface area (TPSA) is 76.8 Å². The molecule has 0 aliphatic heterocycles. The van der Waals surface area contributed by atoms with Crippen LogP contribution in [-0.2, 0) is 6.42 Å². The number of benzene rings is 2. The van der Waals surface area contributed by atoms with Crippen molar-refractivity contribution in [2.75, 3.05) is 6.61 Å². The molecule has 0 radical (unpaired) electrons. The van der Waals surface area contributed by atoms with E-state index in [-0.39, 0.29) is 6.04 Å². The van der Waals surface area contributed by atoms with Gasteiger partial charge in [-0.25, -0.2) is 0 Å². The first kappa shape index (κ1) is 20.4. The van der Waals surface area contributed by atoms with E-state index in [2.05, 4.69) is 52.0 Å². The summed E-state index contributed by atoms with van der Waals surface area (Å²) in [6.07, 6.45) is 2.56. The maximum absolute atomic E-state index is 6.32. The van der Waals surface area contributed by atoms with Crippen LogP contribution in [0.3, 0.4) is 0 Å². The second-order valence-electron chi connectivity index (χ2n) is 7.89. The highest BCUT2D eigenvalue weighted by Crippen LogP contribution is 2.36. The number of aromatic amines is 1. The van der Waals surface area contributed by atoms with Gasteiger partial charge in [-0.2, -0.15) is 5.10 Å². The van der Waals surface area contributed by atoms with E-state index in [9.17, 15) is 0 Å². The van der Waals surface area contributed by atoms with Gasteiger partial charge in [-0.15, -0.1) is 11.3 Å². The Morgan fingerprint density at radius 2 is 1.94 bits per heavy atom.